The van der Waals surface area contributed by atoms with Gasteiger partial charge in [-0.15, -0.1) is 0 Å². The van der Waals surface area contributed by atoms with E-state index in [1.807, 2.05) is 18.7 Å². The highest BCUT2D eigenvalue weighted by Gasteiger charge is 2.18. The highest BCUT2D eigenvalue weighted by Crippen LogP contribution is 2.29. The van der Waals surface area contributed by atoms with Crippen molar-refractivity contribution in [3.05, 3.63) is 42.2 Å². The second-order valence-corrected chi connectivity index (χ2v) is 5.72. The molecule has 2 heterocycles. The van der Waals surface area contributed by atoms with Gasteiger partial charge in [-0.3, -0.25) is 0 Å². The first-order valence-electron chi connectivity index (χ1n) is 7.68. The number of nitrogens with one attached hydrogen (secondary N) is 1. The van der Waals surface area contributed by atoms with Crippen LogP contribution in [-0.2, 0) is 19.5 Å². The molecule has 2 aromatic heterocycles. The molecule has 0 aliphatic heterocycles. The Bertz CT molecular complexity index is 527. The lowest BCUT2D eigenvalue weighted by molar-refractivity contribution is 0.525. The van der Waals surface area contributed by atoms with E-state index in [1.165, 1.54) is 31.2 Å². The van der Waals surface area contributed by atoms with E-state index < -0.39 is 0 Å². The first-order valence-corrected chi connectivity index (χ1v) is 7.68. The zero-order valence-electron chi connectivity index (χ0n) is 12.3. The minimum absolute atomic E-state index is 0.544. The van der Waals surface area contributed by atoms with Crippen molar-refractivity contribution in [1.29, 1.82) is 0 Å². The highest BCUT2D eigenvalue weighted by atomic mass is 15.0. The maximum Gasteiger partial charge on any atom is 0.0945 e. The van der Waals surface area contributed by atoms with Crippen molar-refractivity contribution in [2.45, 2.75) is 51.2 Å². The van der Waals surface area contributed by atoms with E-state index in [9.17, 15) is 0 Å². The molecular formula is C16H24N4. The number of rotatable bonds is 5. The fourth-order valence-corrected chi connectivity index (χ4v) is 3.20. The van der Waals surface area contributed by atoms with E-state index in [0.29, 0.717) is 6.04 Å². The Morgan fingerprint density at radius 3 is 2.95 bits per heavy atom. The van der Waals surface area contributed by atoms with Gasteiger partial charge >= 0.3 is 0 Å². The van der Waals surface area contributed by atoms with Crippen LogP contribution in [-0.4, -0.2) is 21.2 Å². The van der Waals surface area contributed by atoms with Crippen LogP contribution in [0.1, 0.15) is 42.9 Å². The molecule has 0 saturated carbocycles. The third-order valence-electron chi connectivity index (χ3n) is 4.30. The van der Waals surface area contributed by atoms with Gasteiger partial charge < -0.3 is 14.5 Å². The van der Waals surface area contributed by atoms with E-state index in [0.717, 1.165) is 19.5 Å². The molecular weight excluding hydrogens is 248 g/mol. The topological polar surface area (TPSA) is 34.8 Å². The lowest BCUT2D eigenvalue weighted by atomic mass is 10.1. The first-order chi connectivity index (χ1) is 9.86. The van der Waals surface area contributed by atoms with E-state index in [1.54, 1.807) is 5.56 Å². The summed E-state index contributed by atoms with van der Waals surface area (Å²) in [6.07, 6.45) is 16.8. The SMILES string of the molecule is CNC1CCCCc2cn(CCCn3ccnc3)cc21. The third kappa shape index (κ3) is 2.96. The van der Waals surface area contributed by atoms with Crippen molar-refractivity contribution in [3.8, 4) is 0 Å². The summed E-state index contributed by atoms with van der Waals surface area (Å²) in [5, 5.41) is 3.47. The minimum Gasteiger partial charge on any atom is -0.354 e. The molecule has 4 nitrogen and oxygen atoms in total. The van der Waals surface area contributed by atoms with Crippen LogP contribution in [0.3, 0.4) is 0 Å². The quantitative estimate of drug-likeness (QED) is 0.849. The summed E-state index contributed by atoms with van der Waals surface area (Å²) in [6, 6.07) is 0.544. The molecule has 1 atom stereocenters. The predicted octanol–water partition coefficient (Wildman–Crippen LogP) is 2.76. The molecule has 0 saturated heterocycles. The first kappa shape index (κ1) is 13.4. The van der Waals surface area contributed by atoms with Crippen molar-refractivity contribution in [3.63, 3.8) is 0 Å². The summed E-state index contributed by atoms with van der Waals surface area (Å²) in [5.74, 6) is 0. The second kappa shape index (κ2) is 6.27. The van der Waals surface area contributed by atoms with Gasteiger partial charge in [0.05, 0.1) is 6.33 Å². The Balaban J connectivity index is 1.63. The molecule has 0 bridgehead atoms. The zero-order valence-corrected chi connectivity index (χ0v) is 12.3. The molecule has 0 spiro atoms. The van der Waals surface area contributed by atoms with Gasteiger partial charge in [-0.1, -0.05) is 6.42 Å². The molecule has 3 rings (SSSR count). The van der Waals surface area contributed by atoms with Gasteiger partial charge in [0.2, 0.25) is 0 Å². The normalized spacial score (nSPS) is 18.8. The number of fused-ring (bicyclic) bond motifs is 1. The third-order valence-corrected chi connectivity index (χ3v) is 4.30. The number of hydrogen-bond donors (Lipinski definition) is 1. The van der Waals surface area contributed by atoms with Gasteiger partial charge in [0.25, 0.3) is 0 Å². The predicted molar refractivity (Wildman–Crippen MR) is 80.6 cm³/mol. The molecule has 0 amide bonds. The fourth-order valence-electron chi connectivity index (χ4n) is 3.20. The maximum atomic E-state index is 4.08. The van der Waals surface area contributed by atoms with Gasteiger partial charge in [0.1, 0.15) is 0 Å². The van der Waals surface area contributed by atoms with Crippen molar-refractivity contribution >= 4 is 0 Å². The summed E-state index contributed by atoms with van der Waals surface area (Å²) in [7, 11) is 2.08. The lowest BCUT2D eigenvalue weighted by Gasteiger charge is -2.13. The number of aryl methyl sites for hydroxylation is 3. The number of imidazole rings is 1. The van der Waals surface area contributed by atoms with Gasteiger partial charge in [-0.2, -0.15) is 0 Å². The monoisotopic (exact) mass is 272 g/mol. The maximum absolute atomic E-state index is 4.08. The van der Waals surface area contributed by atoms with E-state index >= 15 is 0 Å². The van der Waals surface area contributed by atoms with Gasteiger partial charge in [0.15, 0.2) is 0 Å². The smallest absolute Gasteiger partial charge is 0.0945 e. The summed E-state index contributed by atoms with van der Waals surface area (Å²) in [6.45, 7) is 2.12. The van der Waals surface area contributed by atoms with Crippen LogP contribution >= 0.6 is 0 Å². The second-order valence-electron chi connectivity index (χ2n) is 5.72. The number of hydrogen-bond acceptors (Lipinski definition) is 2. The Labute approximate surface area is 120 Å². The molecule has 1 aliphatic carbocycles. The summed E-state index contributed by atoms with van der Waals surface area (Å²) in [5.41, 5.74) is 3.07. The van der Waals surface area contributed by atoms with E-state index in [2.05, 4.69) is 38.9 Å². The van der Waals surface area contributed by atoms with Crippen molar-refractivity contribution < 1.29 is 0 Å². The number of nitrogens with zero attached hydrogens (tertiary/aromatic N) is 3. The van der Waals surface area contributed by atoms with Crippen molar-refractivity contribution in [2.24, 2.45) is 0 Å². The Morgan fingerprint density at radius 2 is 2.15 bits per heavy atom. The van der Waals surface area contributed by atoms with Gasteiger partial charge in [-0.25, -0.2) is 4.98 Å². The summed E-state index contributed by atoms with van der Waals surface area (Å²) in [4.78, 5) is 4.08. The van der Waals surface area contributed by atoms with Crippen LogP contribution in [0.25, 0.3) is 0 Å². The van der Waals surface area contributed by atoms with Crippen LogP contribution in [0.5, 0.6) is 0 Å². The molecule has 20 heavy (non-hydrogen) atoms. The number of aromatic nitrogens is 3. The van der Waals surface area contributed by atoms with Crippen LogP contribution in [0, 0.1) is 0 Å². The van der Waals surface area contributed by atoms with Gasteiger partial charge in [0, 0.05) is 43.9 Å². The molecule has 0 fully saturated rings. The molecule has 108 valence electrons. The minimum atomic E-state index is 0.544. The lowest BCUT2D eigenvalue weighted by Crippen LogP contribution is -2.15. The van der Waals surface area contributed by atoms with Crippen LogP contribution < -0.4 is 5.32 Å². The largest absolute Gasteiger partial charge is 0.354 e. The van der Waals surface area contributed by atoms with Crippen molar-refractivity contribution in [2.75, 3.05) is 7.05 Å². The average Bonchev–Trinajstić information content (AvgIpc) is 3.06. The van der Waals surface area contributed by atoms with Crippen LogP contribution in [0.2, 0.25) is 0 Å². The summed E-state index contributed by atoms with van der Waals surface area (Å²) < 4.78 is 4.52. The Morgan fingerprint density at radius 1 is 1.25 bits per heavy atom. The molecule has 1 aliphatic rings. The van der Waals surface area contributed by atoms with Crippen LogP contribution in [0.15, 0.2) is 31.1 Å². The van der Waals surface area contributed by atoms with E-state index in [-0.39, 0.29) is 0 Å². The molecule has 4 heteroatoms. The average molecular weight is 272 g/mol. The molecule has 1 unspecified atom stereocenters. The highest BCUT2D eigenvalue weighted by molar-refractivity contribution is 5.29. The molecule has 2 aromatic rings. The fraction of sp³-hybridized carbons (Fsp3) is 0.562. The standard InChI is InChI=1S/C16H24N4/c1-17-16-6-3-2-5-14-11-20(12-15(14)16)9-4-8-19-10-7-18-13-19/h7,10-13,16-17H,2-6,8-9H2,1H3. The molecule has 0 radical (unpaired) electrons. The molecule has 1 N–H and O–H groups in total. The van der Waals surface area contributed by atoms with E-state index in [4.69, 9.17) is 0 Å². The Kier molecular flexibility index (Phi) is 4.21. The Hall–Kier alpha value is -1.55. The van der Waals surface area contributed by atoms with Crippen LogP contribution in [0.4, 0.5) is 0 Å². The zero-order chi connectivity index (χ0) is 13.8. The summed E-state index contributed by atoms with van der Waals surface area (Å²) >= 11 is 0. The van der Waals surface area contributed by atoms with Gasteiger partial charge in [-0.05, 0) is 43.9 Å². The van der Waals surface area contributed by atoms with Crippen molar-refractivity contribution in [1.82, 2.24) is 19.4 Å². The molecule has 0 aromatic carbocycles.